The molecule has 0 saturated heterocycles. The van der Waals surface area contributed by atoms with E-state index in [1.807, 2.05) is 6.92 Å². The second-order valence-electron chi connectivity index (χ2n) is 4.82. The lowest BCUT2D eigenvalue weighted by molar-refractivity contribution is 0.137. The lowest BCUT2D eigenvalue weighted by Gasteiger charge is -2.18. The van der Waals surface area contributed by atoms with Gasteiger partial charge < -0.3 is 10.5 Å². The number of hydrogen-bond donors (Lipinski definition) is 1. The third kappa shape index (κ3) is 1.53. The average molecular weight is 270 g/mol. The van der Waals surface area contributed by atoms with Gasteiger partial charge in [-0.3, -0.25) is 0 Å². The van der Waals surface area contributed by atoms with E-state index in [-0.39, 0.29) is 5.60 Å². The zero-order valence-electron chi connectivity index (χ0n) is 9.57. The van der Waals surface area contributed by atoms with Gasteiger partial charge in [0.15, 0.2) is 0 Å². The Bertz CT molecular complexity index is 399. The molecule has 0 bridgehead atoms. The molecule has 0 aliphatic carbocycles. The Hall–Kier alpha value is -0.700. The third-order valence-electron chi connectivity index (χ3n) is 3.02. The van der Waals surface area contributed by atoms with Crippen LogP contribution in [0.15, 0.2) is 4.47 Å². The fraction of sp³-hybridized carbons (Fsp3) is 0.500. The third-order valence-corrected chi connectivity index (χ3v) is 4.04. The van der Waals surface area contributed by atoms with E-state index < -0.39 is 0 Å². The molecule has 0 spiro atoms. The monoisotopic (exact) mass is 269 g/mol. The van der Waals surface area contributed by atoms with E-state index in [0.717, 1.165) is 33.5 Å². The number of halogens is 1. The van der Waals surface area contributed by atoms with E-state index in [2.05, 4.69) is 36.7 Å². The molecule has 0 aromatic heterocycles. The molecule has 3 heteroatoms. The topological polar surface area (TPSA) is 35.2 Å². The van der Waals surface area contributed by atoms with Crippen molar-refractivity contribution in [3.05, 3.63) is 21.2 Å². The molecule has 1 heterocycles. The van der Waals surface area contributed by atoms with Gasteiger partial charge in [0.2, 0.25) is 0 Å². The lowest BCUT2D eigenvalue weighted by atomic mass is 9.95. The molecule has 2 nitrogen and oxygen atoms in total. The molecular formula is C12H16BrNO. The van der Waals surface area contributed by atoms with Gasteiger partial charge in [-0.2, -0.15) is 0 Å². The highest BCUT2D eigenvalue weighted by Gasteiger charge is 2.34. The van der Waals surface area contributed by atoms with E-state index in [9.17, 15) is 0 Å². The lowest BCUT2D eigenvalue weighted by Crippen LogP contribution is -2.24. The van der Waals surface area contributed by atoms with Crippen LogP contribution in [0.4, 0.5) is 5.69 Å². The van der Waals surface area contributed by atoms with Crippen LogP contribution in [-0.4, -0.2) is 5.60 Å². The van der Waals surface area contributed by atoms with Gasteiger partial charge >= 0.3 is 0 Å². The smallest absolute Gasteiger partial charge is 0.127 e. The van der Waals surface area contributed by atoms with Crippen LogP contribution in [0.1, 0.15) is 30.5 Å². The summed E-state index contributed by atoms with van der Waals surface area (Å²) in [6.45, 7) is 8.31. The second-order valence-corrected chi connectivity index (χ2v) is 5.62. The Morgan fingerprint density at radius 1 is 1.27 bits per heavy atom. The second kappa shape index (κ2) is 3.14. The molecule has 0 radical (unpaired) electrons. The fourth-order valence-corrected chi connectivity index (χ4v) is 2.59. The van der Waals surface area contributed by atoms with Crippen molar-refractivity contribution in [3.8, 4) is 5.75 Å². The first-order valence-corrected chi connectivity index (χ1v) is 5.89. The average Bonchev–Trinajstić information content (AvgIpc) is 2.48. The van der Waals surface area contributed by atoms with E-state index in [4.69, 9.17) is 10.5 Å². The Balaban J connectivity index is 2.69. The summed E-state index contributed by atoms with van der Waals surface area (Å²) in [4.78, 5) is 0. The normalized spacial score (nSPS) is 17.4. The predicted octanol–water partition coefficient (Wildman–Crippen LogP) is 3.36. The molecule has 82 valence electrons. The van der Waals surface area contributed by atoms with Crippen molar-refractivity contribution in [3.63, 3.8) is 0 Å². The Kier molecular flexibility index (Phi) is 2.26. The SMILES string of the molecule is Cc1c(N)c(Br)c(C)c2c1CC(C)(C)O2. The minimum absolute atomic E-state index is 0.106. The van der Waals surface area contributed by atoms with E-state index in [1.54, 1.807) is 0 Å². The first-order valence-electron chi connectivity index (χ1n) is 5.09. The van der Waals surface area contributed by atoms with E-state index in [1.165, 1.54) is 5.56 Å². The summed E-state index contributed by atoms with van der Waals surface area (Å²) >= 11 is 3.52. The first-order chi connectivity index (χ1) is 6.83. The minimum Gasteiger partial charge on any atom is -0.487 e. The maximum absolute atomic E-state index is 6.04. The zero-order chi connectivity index (χ0) is 11.4. The standard InChI is InChI=1S/C12H16BrNO/c1-6-8-5-12(3,4)15-11(8)7(2)9(13)10(6)14/h5,14H2,1-4H3. The Morgan fingerprint density at radius 3 is 2.47 bits per heavy atom. The molecule has 1 aromatic carbocycles. The van der Waals surface area contributed by atoms with Crippen molar-refractivity contribution in [1.82, 2.24) is 0 Å². The van der Waals surface area contributed by atoms with Crippen molar-refractivity contribution in [2.45, 2.75) is 39.7 Å². The number of rotatable bonds is 0. The van der Waals surface area contributed by atoms with Crippen LogP contribution in [0.2, 0.25) is 0 Å². The summed E-state index contributed by atoms with van der Waals surface area (Å²) in [5.41, 5.74) is 10.3. The van der Waals surface area contributed by atoms with Crippen LogP contribution in [0.3, 0.4) is 0 Å². The van der Waals surface area contributed by atoms with Crippen molar-refractivity contribution in [2.24, 2.45) is 0 Å². The molecule has 0 fully saturated rings. The number of benzene rings is 1. The van der Waals surface area contributed by atoms with Crippen LogP contribution in [0.5, 0.6) is 5.75 Å². The van der Waals surface area contributed by atoms with E-state index in [0.29, 0.717) is 0 Å². The predicted molar refractivity (Wildman–Crippen MR) is 66.4 cm³/mol. The number of fused-ring (bicyclic) bond motifs is 1. The van der Waals surface area contributed by atoms with Gasteiger partial charge in [0.25, 0.3) is 0 Å². The molecule has 1 aliphatic rings. The van der Waals surface area contributed by atoms with Crippen LogP contribution in [0, 0.1) is 13.8 Å². The Morgan fingerprint density at radius 2 is 1.87 bits per heavy atom. The molecule has 0 unspecified atom stereocenters. The molecule has 2 N–H and O–H groups in total. The van der Waals surface area contributed by atoms with Gasteiger partial charge in [-0.15, -0.1) is 0 Å². The Labute approximate surface area is 98.9 Å². The van der Waals surface area contributed by atoms with Crippen molar-refractivity contribution >= 4 is 21.6 Å². The largest absolute Gasteiger partial charge is 0.487 e. The molecular weight excluding hydrogens is 254 g/mol. The summed E-state index contributed by atoms with van der Waals surface area (Å²) in [7, 11) is 0. The molecule has 0 amide bonds. The number of ether oxygens (including phenoxy) is 1. The molecule has 0 saturated carbocycles. The van der Waals surface area contributed by atoms with Gasteiger partial charge in [-0.25, -0.2) is 0 Å². The van der Waals surface area contributed by atoms with Crippen LogP contribution in [0.25, 0.3) is 0 Å². The van der Waals surface area contributed by atoms with Crippen molar-refractivity contribution < 1.29 is 4.74 Å². The maximum atomic E-state index is 6.04. The van der Waals surface area contributed by atoms with Gasteiger partial charge in [0.05, 0.1) is 0 Å². The summed E-state index contributed by atoms with van der Waals surface area (Å²) in [5.74, 6) is 1.01. The number of nitrogens with two attached hydrogens (primary N) is 1. The minimum atomic E-state index is -0.106. The van der Waals surface area contributed by atoms with Gasteiger partial charge in [0, 0.05) is 27.7 Å². The highest BCUT2D eigenvalue weighted by atomic mass is 79.9. The maximum Gasteiger partial charge on any atom is 0.127 e. The summed E-state index contributed by atoms with van der Waals surface area (Å²) in [6, 6.07) is 0. The highest BCUT2D eigenvalue weighted by molar-refractivity contribution is 9.10. The molecule has 2 rings (SSSR count). The molecule has 1 aromatic rings. The van der Waals surface area contributed by atoms with Crippen LogP contribution in [-0.2, 0) is 6.42 Å². The van der Waals surface area contributed by atoms with Gasteiger partial charge in [-0.1, -0.05) is 0 Å². The van der Waals surface area contributed by atoms with E-state index >= 15 is 0 Å². The summed E-state index contributed by atoms with van der Waals surface area (Å²) in [5, 5.41) is 0. The highest BCUT2D eigenvalue weighted by Crippen LogP contribution is 2.45. The molecule has 15 heavy (non-hydrogen) atoms. The number of anilines is 1. The zero-order valence-corrected chi connectivity index (χ0v) is 11.2. The molecule has 1 aliphatic heterocycles. The number of hydrogen-bond acceptors (Lipinski definition) is 2. The molecule has 0 atom stereocenters. The van der Waals surface area contributed by atoms with Gasteiger partial charge in [-0.05, 0) is 49.2 Å². The van der Waals surface area contributed by atoms with Crippen LogP contribution >= 0.6 is 15.9 Å². The quantitative estimate of drug-likeness (QED) is 0.734. The fourth-order valence-electron chi connectivity index (χ4n) is 2.11. The summed E-state index contributed by atoms with van der Waals surface area (Å²) < 4.78 is 6.93. The van der Waals surface area contributed by atoms with Gasteiger partial charge in [0.1, 0.15) is 11.4 Å². The first kappa shape index (κ1) is 10.8. The van der Waals surface area contributed by atoms with Crippen molar-refractivity contribution in [1.29, 1.82) is 0 Å². The summed E-state index contributed by atoms with van der Waals surface area (Å²) in [6.07, 6.45) is 0.937. The number of nitrogen functional groups attached to an aromatic ring is 1. The van der Waals surface area contributed by atoms with Crippen molar-refractivity contribution in [2.75, 3.05) is 5.73 Å². The van der Waals surface area contributed by atoms with Crippen LogP contribution < -0.4 is 10.5 Å².